The Labute approximate surface area is 109 Å². The van der Waals surface area contributed by atoms with Gasteiger partial charge in [0.1, 0.15) is 5.82 Å². The average molecular weight is 253 g/mol. The molecule has 94 valence electrons. The standard InChI is InChI=1S/C14H11N3O2/c1-9-15-13(14(18)19)16-17(9)12-7-6-10-4-2-3-5-11(10)8-12/h2-8H,1H3,(H,18,19). The first-order chi connectivity index (χ1) is 9.15. The Bertz CT molecular complexity index is 777. The molecule has 1 N–H and O–H groups in total. The van der Waals surface area contributed by atoms with Gasteiger partial charge in [0, 0.05) is 0 Å². The molecule has 0 radical (unpaired) electrons. The highest BCUT2D eigenvalue weighted by Gasteiger charge is 2.13. The normalized spacial score (nSPS) is 10.8. The fourth-order valence-electron chi connectivity index (χ4n) is 2.03. The first kappa shape index (κ1) is 11.4. The molecule has 2 aromatic carbocycles. The summed E-state index contributed by atoms with van der Waals surface area (Å²) in [5.41, 5.74) is 0.802. The van der Waals surface area contributed by atoms with Crippen molar-refractivity contribution in [2.75, 3.05) is 0 Å². The van der Waals surface area contributed by atoms with Crippen LogP contribution in [0.2, 0.25) is 0 Å². The van der Waals surface area contributed by atoms with Crippen LogP contribution in [-0.2, 0) is 0 Å². The summed E-state index contributed by atoms with van der Waals surface area (Å²) < 4.78 is 1.54. The molecule has 0 aliphatic heterocycles. The topological polar surface area (TPSA) is 68.0 Å². The Kier molecular flexibility index (Phi) is 2.52. The number of aryl methyl sites for hydroxylation is 1. The van der Waals surface area contributed by atoms with Crippen molar-refractivity contribution < 1.29 is 9.90 Å². The predicted molar refractivity (Wildman–Crippen MR) is 70.6 cm³/mol. The molecular weight excluding hydrogens is 242 g/mol. The highest BCUT2D eigenvalue weighted by molar-refractivity contribution is 5.85. The lowest BCUT2D eigenvalue weighted by Crippen LogP contribution is -2.02. The van der Waals surface area contributed by atoms with E-state index in [-0.39, 0.29) is 5.82 Å². The molecule has 19 heavy (non-hydrogen) atoms. The van der Waals surface area contributed by atoms with Crippen LogP contribution in [0.5, 0.6) is 0 Å². The van der Waals surface area contributed by atoms with Gasteiger partial charge in [-0.05, 0) is 29.8 Å². The Hall–Kier alpha value is -2.69. The van der Waals surface area contributed by atoms with Crippen molar-refractivity contribution in [3.05, 3.63) is 54.1 Å². The second-order valence-corrected chi connectivity index (χ2v) is 4.23. The molecule has 0 atom stereocenters. The number of fused-ring (bicyclic) bond motifs is 1. The number of hydrogen-bond donors (Lipinski definition) is 1. The van der Waals surface area contributed by atoms with E-state index in [1.165, 1.54) is 4.68 Å². The van der Waals surface area contributed by atoms with Crippen LogP contribution < -0.4 is 0 Å². The fraction of sp³-hybridized carbons (Fsp3) is 0.0714. The van der Waals surface area contributed by atoms with E-state index in [1.54, 1.807) is 6.92 Å². The Morgan fingerprint density at radius 2 is 1.89 bits per heavy atom. The SMILES string of the molecule is Cc1nc(C(=O)O)nn1-c1ccc2ccccc2c1. The number of hydrogen-bond acceptors (Lipinski definition) is 3. The van der Waals surface area contributed by atoms with E-state index in [1.807, 2.05) is 42.5 Å². The van der Waals surface area contributed by atoms with Crippen LogP contribution in [0.3, 0.4) is 0 Å². The molecule has 1 aromatic heterocycles. The third kappa shape index (κ3) is 1.95. The first-order valence-electron chi connectivity index (χ1n) is 5.81. The maximum atomic E-state index is 10.9. The van der Waals surface area contributed by atoms with E-state index in [2.05, 4.69) is 10.1 Å². The molecule has 0 amide bonds. The largest absolute Gasteiger partial charge is 0.475 e. The highest BCUT2D eigenvalue weighted by atomic mass is 16.4. The highest BCUT2D eigenvalue weighted by Crippen LogP contribution is 2.18. The monoisotopic (exact) mass is 253 g/mol. The molecule has 1 heterocycles. The van der Waals surface area contributed by atoms with Gasteiger partial charge in [-0.25, -0.2) is 14.5 Å². The third-order valence-electron chi connectivity index (χ3n) is 2.94. The van der Waals surface area contributed by atoms with Crippen LogP contribution in [-0.4, -0.2) is 25.8 Å². The molecule has 0 aliphatic rings. The number of rotatable bonds is 2. The maximum Gasteiger partial charge on any atom is 0.375 e. The minimum atomic E-state index is -1.12. The van der Waals surface area contributed by atoms with Gasteiger partial charge in [0.05, 0.1) is 5.69 Å². The van der Waals surface area contributed by atoms with Crippen LogP contribution in [0.25, 0.3) is 16.5 Å². The summed E-state index contributed by atoms with van der Waals surface area (Å²) in [4.78, 5) is 14.8. The van der Waals surface area contributed by atoms with Crippen molar-refractivity contribution in [1.82, 2.24) is 14.8 Å². The summed E-state index contributed by atoms with van der Waals surface area (Å²) in [5, 5.41) is 15.1. The molecule has 0 spiro atoms. The number of carboxylic acids is 1. The van der Waals surface area contributed by atoms with E-state index in [9.17, 15) is 4.79 Å². The molecule has 0 bridgehead atoms. The predicted octanol–water partition coefficient (Wildman–Crippen LogP) is 2.43. The molecule has 5 nitrogen and oxygen atoms in total. The zero-order valence-electron chi connectivity index (χ0n) is 10.2. The van der Waals surface area contributed by atoms with E-state index in [0.29, 0.717) is 5.82 Å². The number of carbonyl (C=O) groups is 1. The van der Waals surface area contributed by atoms with Crippen LogP contribution in [0.4, 0.5) is 0 Å². The van der Waals surface area contributed by atoms with Crippen molar-refractivity contribution in [3.8, 4) is 5.69 Å². The quantitative estimate of drug-likeness (QED) is 0.761. The van der Waals surface area contributed by atoms with Gasteiger partial charge in [-0.1, -0.05) is 30.3 Å². The molecule has 0 unspecified atom stereocenters. The Balaban J connectivity index is 2.16. The van der Waals surface area contributed by atoms with Crippen molar-refractivity contribution in [2.24, 2.45) is 0 Å². The Morgan fingerprint density at radius 3 is 2.58 bits per heavy atom. The van der Waals surface area contributed by atoms with Crippen LogP contribution in [0.1, 0.15) is 16.4 Å². The molecule has 3 aromatic rings. The summed E-state index contributed by atoms with van der Waals surface area (Å²) in [6.07, 6.45) is 0. The third-order valence-corrected chi connectivity index (χ3v) is 2.94. The number of carboxylic acid groups (broad SMARTS) is 1. The summed E-state index contributed by atoms with van der Waals surface area (Å²) in [5.74, 6) is -0.763. The molecule has 0 fully saturated rings. The van der Waals surface area contributed by atoms with Gasteiger partial charge >= 0.3 is 5.97 Å². The molecular formula is C14H11N3O2. The minimum absolute atomic E-state index is 0.189. The van der Waals surface area contributed by atoms with Crippen LogP contribution in [0.15, 0.2) is 42.5 Å². The van der Waals surface area contributed by atoms with Crippen molar-refractivity contribution in [3.63, 3.8) is 0 Å². The van der Waals surface area contributed by atoms with Gasteiger partial charge < -0.3 is 5.11 Å². The summed E-state index contributed by atoms with van der Waals surface area (Å²) in [6.45, 7) is 1.73. The zero-order chi connectivity index (χ0) is 13.4. The molecule has 3 rings (SSSR count). The van der Waals surface area contributed by atoms with Gasteiger partial charge in [0.2, 0.25) is 0 Å². The lowest BCUT2D eigenvalue weighted by atomic mass is 10.1. The Morgan fingerprint density at radius 1 is 1.16 bits per heavy atom. The van der Waals surface area contributed by atoms with Crippen molar-refractivity contribution in [1.29, 1.82) is 0 Å². The minimum Gasteiger partial charge on any atom is -0.475 e. The van der Waals surface area contributed by atoms with E-state index in [4.69, 9.17) is 5.11 Å². The number of aromatic carboxylic acids is 1. The molecule has 5 heteroatoms. The van der Waals surface area contributed by atoms with E-state index < -0.39 is 5.97 Å². The molecule has 0 saturated carbocycles. The molecule has 0 saturated heterocycles. The smallest absolute Gasteiger partial charge is 0.375 e. The van der Waals surface area contributed by atoms with Crippen LogP contribution in [0, 0.1) is 6.92 Å². The lowest BCUT2D eigenvalue weighted by molar-refractivity contribution is 0.0683. The molecule has 0 aliphatic carbocycles. The van der Waals surface area contributed by atoms with Gasteiger partial charge in [0.15, 0.2) is 0 Å². The second kappa shape index (κ2) is 4.20. The average Bonchev–Trinajstić information content (AvgIpc) is 2.80. The van der Waals surface area contributed by atoms with Gasteiger partial charge in [0.25, 0.3) is 5.82 Å². The first-order valence-corrected chi connectivity index (χ1v) is 5.81. The van der Waals surface area contributed by atoms with E-state index in [0.717, 1.165) is 16.5 Å². The number of nitrogens with zero attached hydrogens (tertiary/aromatic N) is 3. The summed E-state index contributed by atoms with van der Waals surface area (Å²) in [7, 11) is 0. The van der Waals surface area contributed by atoms with Crippen molar-refractivity contribution in [2.45, 2.75) is 6.92 Å². The summed E-state index contributed by atoms with van der Waals surface area (Å²) in [6, 6.07) is 13.8. The second-order valence-electron chi connectivity index (χ2n) is 4.23. The fourth-order valence-corrected chi connectivity index (χ4v) is 2.03. The van der Waals surface area contributed by atoms with Crippen LogP contribution >= 0.6 is 0 Å². The number of benzene rings is 2. The summed E-state index contributed by atoms with van der Waals surface area (Å²) >= 11 is 0. The maximum absolute atomic E-state index is 10.9. The van der Waals surface area contributed by atoms with Gasteiger partial charge in [-0.3, -0.25) is 0 Å². The number of aromatic nitrogens is 3. The van der Waals surface area contributed by atoms with Crippen molar-refractivity contribution >= 4 is 16.7 Å². The van der Waals surface area contributed by atoms with E-state index >= 15 is 0 Å². The lowest BCUT2D eigenvalue weighted by Gasteiger charge is -2.04. The zero-order valence-corrected chi connectivity index (χ0v) is 10.2. The van der Waals surface area contributed by atoms with Gasteiger partial charge in [-0.2, -0.15) is 0 Å². The van der Waals surface area contributed by atoms with Gasteiger partial charge in [-0.15, -0.1) is 5.10 Å².